The van der Waals surface area contributed by atoms with Crippen molar-refractivity contribution in [3.05, 3.63) is 35.4 Å². The van der Waals surface area contributed by atoms with Crippen molar-refractivity contribution in [2.24, 2.45) is 0 Å². The van der Waals surface area contributed by atoms with E-state index in [0.29, 0.717) is 13.2 Å². The van der Waals surface area contributed by atoms with Crippen molar-refractivity contribution in [3.63, 3.8) is 0 Å². The van der Waals surface area contributed by atoms with Gasteiger partial charge in [-0.05, 0) is 31.1 Å². The molecule has 0 aliphatic carbocycles. The van der Waals surface area contributed by atoms with E-state index < -0.39 is 0 Å². The maximum atomic E-state index is 11.3. The molecular weight excluding hydrogens is 244 g/mol. The molecule has 0 atom stereocenters. The summed E-state index contributed by atoms with van der Waals surface area (Å²) in [4.78, 5) is 11.3. The van der Waals surface area contributed by atoms with Crippen LogP contribution in [0.25, 0.3) is 6.08 Å². The van der Waals surface area contributed by atoms with Gasteiger partial charge in [-0.25, -0.2) is 4.79 Å². The maximum absolute atomic E-state index is 11.3. The fourth-order valence-electron chi connectivity index (χ4n) is 1.75. The lowest BCUT2D eigenvalue weighted by molar-refractivity contribution is -0.137. The van der Waals surface area contributed by atoms with Crippen molar-refractivity contribution in [3.8, 4) is 5.75 Å². The van der Waals surface area contributed by atoms with Gasteiger partial charge in [0.25, 0.3) is 0 Å². The standard InChI is InChI=1S/C15H20O4/c1-4-19-15(16)9-8-12-6-5-7-14(18-3)13(12)10-11-17-2/h5-9H,4,10-11H2,1-3H3/b9-8+. The summed E-state index contributed by atoms with van der Waals surface area (Å²) in [6.07, 6.45) is 3.89. The predicted molar refractivity (Wildman–Crippen MR) is 74.2 cm³/mol. The highest BCUT2D eigenvalue weighted by Crippen LogP contribution is 2.24. The first-order valence-electron chi connectivity index (χ1n) is 6.22. The summed E-state index contributed by atoms with van der Waals surface area (Å²) in [5.41, 5.74) is 1.96. The zero-order valence-corrected chi connectivity index (χ0v) is 11.6. The number of carbonyl (C=O) groups excluding carboxylic acids is 1. The van der Waals surface area contributed by atoms with Gasteiger partial charge in [0.1, 0.15) is 5.75 Å². The highest BCUT2D eigenvalue weighted by atomic mass is 16.5. The van der Waals surface area contributed by atoms with E-state index in [1.54, 1.807) is 27.2 Å². The summed E-state index contributed by atoms with van der Waals surface area (Å²) >= 11 is 0. The molecule has 0 radical (unpaired) electrons. The minimum Gasteiger partial charge on any atom is -0.496 e. The fraction of sp³-hybridized carbons (Fsp3) is 0.400. The second kappa shape index (κ2) is 8.32. The van der Waals surface area contributed by atoms with Crippen molar-refractivity contribution >= 4 is 12.0 Å². The van der Waals surface area contributed by atoms with Crippen LogP contribution >= 0.6 is 0 Å². The monoisotopic (exact) mass is 264 g/mol. The third-order valence-electron chi connectivity index (χ3n) is 2.63. The molecule has 19 heavy (non-hydrogen) atoms. The summed E-state index contributed by atoms with van der Waals surface area (Å²) in [7, 11) is 3.29. The number of carbonyl (C=O) groups is 1. The van der Waals surface area contributed by atoms with E-state index in [0.717, 1.165) is 23.3 Å². The predicted octanol–water partition coefficient (Wildman–Crippen LogP) is 2.46. The first kappa shape index (κ1) is 15.2. The molecule has 0 fully saturated rings. The molecule has 1 rings (SSSR count). The first-order chi connectivity index (χ1) is 9.22. The third kappa shape index (κ3) is 4.75. The molecule has 0 unspecified atom stereocenters. The minimum atomic E-state index is -0.344. The van der Waals surface area contributed by atoms with Crippen molar-refractivity contribution in [2.45, 2.75) is 13.3 Å². The van der Waals surface area contributed by atoms with Crippen LogP contribution in [0.4, 0.5) is 0 Å². The van der Waals surface area contributed by atoms with E-state index in [2.05, 4.69) is 0 Å². The van der Waals surface area contributed by atoms with Gasteiger partial charge in [-0.2, -0.15) is 0 Å². The van der Waals surface area contributed by atoms with Gasteiger partial charge in [0.2, 0.25) is 0 Å². The Labute approximate surface area is 114 Å². The average molecular weight is 264 g/mol. The van der Waals surface area contributed by atoms with Crippen LogP contribution in [0.5, 0.6) is 5.75 Å². The molecule has 0 aliphatic rings. The quantitative estimate of drug-likeness (QED) is 0.560. The molecule has 4 heteroatoms. The molecule has 104 valence electrons. The van der Waals surface area contributed by atoms with E-state index in [1.807, 2.05) is 18.2 Å². The van der Waals surface area contributed by atoms with E-state index in [-0.39, 0.29) is 5.97 Å². The van der Waals surface area contributed by atoms with Crippen molar-refractivity contribution in [2.75, 3.05) is 27.4 Å². The van der Waals surface area contributed by atoms with Gasteiger partial charge in [-0.1, -0.05) is 12.1 Å². The lowest BCUT2D eigenvalue weighted by Crippen LogP contribution is -2.02. The Morgan fingerprint density at radius 1 is 1.32 bits per heavy atom. The van der Waals surface area contributed by atoms with Crippen molar-refractivity contribution in [1.82, 2.24) is 0 Å². The van der Waals surface area contributed by atoms with Crippen LogP contribution in [0.1, 0.15) is 18.1 Å². The molecule has 0 heterocycles. The summed E-state index contributed by atoms with van der Waals surface area (Å²) in [6, 6.07) is 5.72. The molecule has 4 nitrogen and oxygen atoms in total. The topological polar surface area (TPSA) is 44.8 Å². The van der Waals surface area contributed by atoms with Gasteiger partial charge in [-0.3, -0.25) is 0 Å². The summed E-state index contributed by atoms with van der Waals surface area (Å²) in [5, 5.41) is 0. The van der Waals surface area contributed by atoms with Crippen LogP contribution in [0, 0.1) is 0 Å². The van der Waals surface area contributed by atoms with Crippen molar-refractivity contribution in [1.29, 1.82) is 0 Å². The van der Waals surface area contributed by atoms with Crippen LogP contribution < -0.4 is 4.74 Å². The van der Waals surface area contributed by atoms with Gasteiger partial charge in [0, 0.05) is 18.7 Å². The van der Waals surface area contributed by atoms with Crippen LogP contribution in [0.15, 0.2) is 24.3 Å². The molecule has 1 aromatic rings. The molecule has 0 N–H and O–H groups in total. The molecule has 0 saturated heterocycles. The zero-order chi connectivity index (χ0) is 14.1. The van der Waals surface area contributed by atoms with E-state index in [9.17, 15) is 4.79 Å². The Bertz CT molecular complexity index is 438. The number of esters is 1. The summed E-state index contributed by atoms with van der Waals surface area (Å²) in [5.74, 6) is 0.450. The Kier molecular flexibility index (Phi) is 6.68. The largest absolute Gasteiger partial charge is 0.496 e. The van der Waals surface area contributed by atoms with Gasteiger partial charge in [-0.15, -0.1) is 0 Å². The van der Waals surface area contributed by atoms with Crippen LogP contribution in [0.3, 0.4) is 0 Å². The lowest BCUT2D eigenvalue weighted by atomic mass is 10.0. The summed E-state index contributed by atoms with van der Waals surface area (Å²) in [6.45, 7) is 2.75. The van der Waals surface area contributed by atoms with Crippen LogP contribution in [0.2, 0.25) is 0 Å². The number of benzene rings is 1. The number of ether oxygens (including phenoxy) is 3. The highest BCUT2D eigenvalue weighted by molar-refractivity contribution is 5.87. The fourth-order valence-corrected chi connectivity index (χ4v) is 1.75. The molecule has 0 aliphatic heterocycles. The second-order valence-corrected chi connectivity index (χ2v) is 3.86. The van der Waals surface area contributed by atoms with Gasteiger partial charge < -0.3 is 14.2 Å². The molecule has 0 amide bonds. The smallest absolute Gasteiger partial charge is 0.330 e. The van der Waals surface area contributed by atoms with Gasteiger partial charge >= 0.3 is 5.97 Å². The van der Waals surface area contributed by atoms with E-state index in [1.165, 1.54) is 6.08 Å². The number of methoxy groups -OCH3 is 2. The maximum Gasteiger partial charge on any atom is 0.330 e. The minimum absolute atomic E-state index is 0.344. The Morgan fingerprint density at radius 3 is 2.74 bits per heavy atom. The Morgan fingerprint density at radius 2 is 2.11 bits per heavy atom. The average Bonchev–Trinajstić information content (AvgIpc) is 2.43. The second-order valence-electron chi connectivity index (χ2n) is 3.86. The molecule has 0 saturated carbocycles. The highest BCUT2D eigenvalue weighted by Gasteiger charge is 2.07. The first-order valence-corrected chi connectivity index (χ1v) is 6.22. The van der Waals surface area contributed by atoms with E-state index in [4.69, 9.17) is 14.2 Å². The molecular formula is C15H20O4. The van der Waals surface area contributed by atoms with E-state index >= 15 is 0 Å². The summed E-state index contributed by atoms with van der Waals surface area (Å²) < 4.78 is 15.3. The molecule has 1 aromatic carbocycles. The molecule has 0 spiro atoms. The van der Waals surface area contributed by atoms with Gasteiger partial charge in [0.15, 0.2) is 0 Å². The Hall–Kier alpha value is -1.81. The number of rotatable bonds is 7. The molecule has 0 aromatic heterocycles. The van der Waals surface area contributed by atoms with Crippen LogP contribution in [-0.4, -0.2) is 33.4 Å². The normalized spacial score (nSPS) is 10.7. The zero-order valence-electron chi connectivity index (χ0n) is 11.6. The Balaban J connectivity index is 2.95. The number of hydrogen-bond donors (Lipinski definition) is 0. The molecule has 0 bridgehead atoms. The number of hydrogen-bond acceptors (Lipinski definition) is 4. The third-order valence-corrected chi connectivity index (χ3v) is 2.63. The van der Waals surface area contributed by atoms with Gasteiger partial charge in [0.05, 0.1) is 20.3 Å². The lowest BCUT2D eigenvalue weighted by Gasteiger charge is -2.11. The SMILES string of the molecule is CCOC(=O)/C=C/c1cccc(OC)c1CCOC. The van der Waals surface area contributed by atoms with Crippen molar-refractivity contribution < 1.29 is 19.0 Å². The van der Waals surface area contributed by atoms with Crippen LogP contribution in [-0.2, 0) is 20.7 Å².